The monoisotopic (exact) mass is 727 g/mol. The van der Waals surface area contributed by atoms with Crippen LogP contribution in [-0.4, -0.2) is 0 Å². The highest BCUT2D eigenvalue weighted by atomic mass is 16.5. The van der Waals surface area contributed by atoms with E-state index in [0.717, 1.165) is 56.4 Å². The second kappa shape index (κ2) is 13.4. The van der Waals surface area contributed by atoms with Crippen molar-refractivity contribution in [3.63, 3.8) is 0 Å². The average Bonchev–Trinajstić information content (AvgIpc) is 3.58. The number of benzene rings is 9. The van der Waals surface area contributed by atoms with Crippen molar-refractivity contribution in [1.29, 1.82) is 0 Å². The van der Waals surface area contributed by atoms with Crippen LogP contribution in [-0.2, 0) is 5.41 Å². The molecule has 1 spiro atoms. The maximum absolute atomic E-state index is 6.86. The van der Waals surface area contributed by atoms with Gasteiger partial charge in [0.1, 0.15) is 11.5 Å². The highest BCUT2D eigenvalue weighted by Gasteiger charge is 2.51. The zero-order chi connectivity index (χ0) is 37.8. The molecule has 0 saturated heterocycles. The molecule has 0 atom stereocenters. The van der Waals surface area contributed by atoms with Crippen LogP contribution in [0.3, 0.4) is 0 Å². The number of hydrogen-bond acceptors (Lipinski definition) is 2. The molecular weight excluding hydrogens is 691 g/mol. The summed E-state index contributed by atoms with van der Waals surface area (Å²) in [6.07, 6.45) is 0. The minimum absolute atomic E-state index is 0.579. The second-order valence-corrected chi connectivity index (χ2v) is 14.8. The Labute approximate surface area is 333 Å². The number of fused-ring (bicyclic) bond motifs is 9. The van der Waals surface area contributed by atoms with Gasteiger partial charge in [-0.2, -0.15) is 0 Å². The fourth-order valence-corrected chi connectivity index (χ4v) is 9.26. The highest BCUT2D eigenvalue weighted by Crippen LogP contribution is 2.62. The fourth-order valence-electron chi connectivity index (χ4n) is 9.26. The van der Waals surface area contributed by atoms with Crippen LogP contribution in [0.2, 0.25) is 0 Å². The van der Waals surface area contributed by atoms with Crippen LogP contribution in [0.15, 0.2) is 224 Å². The molecule has 2 heteroatoms. The van der Waals surface area contributed by atoms with Crippen molar-refractivity contribution in [2.24, 2.45) is 0 Å². The summed E-state index contributed by atoms with van der Waals surface area (Å²) in [4.78, 5) is 2.44. The molecule has 9 aromatic carbocycles. The lowest BCUT2D eigenvalue weighted by Crippen LogP contribution is -2.32. The van der Waals surface area contributed by atoms with E-state index >= 15 is 0 Å². The minimum Gasteiger partial charge on any atom is -0.457 e. The Hall–Kier alpha value is -7.42. The van der Waals surface area contributed by atoms with Crippen molar-refractivity contribution < 1.29 is 4.74 Å². The van der Waals surface area contributed by atoms with Gasteiger partial charge in [-0.15, -0.1) is 0 Å². The third kappa shape index (κ3) is 5.26. The number of nitrogens with zero attached hydrogens (tertiary/aromatic N) is 1. The number of para-hydroxylation sites is 1. The molecule has 2 nitrogen and oxygen atoms in total. The van der Waals surface area contributed by atoms with Gasteiger partial charge in [0.05, 0.1) is 11.1 Å². The van der Waals surface area contributed by atoms with E-state index in [0.29, 0.717) is 0 Å². The van der Waals surface area contributed by atoms with Gasteiger partial charge in [-0.05, 0) is 98.6 Å². The first-order chi connectivity index (χ1) is 28.3. The molecule has 11 rings (SSSR count). The Bertz CT molecular complexity index is 2890. The van der Waals surface area contributed by atoms with Crippen LogP contribution in [0.5, 0.6) is 11.5 Å². The van der Waals surface area contributed by atoms with Crippen LogP contribution in [0, 0.1) is 0 Å². The summed E-state index contributed by atoms with van der Waals surface area (Å²) < 4.78 is 6.86. The lowest BCUT2D eigenvalue weighted by atomic mass is 9.66. The maximum atomic E-state index is 6.86. The van der Waals surface area contributed by atoms with Gasteiger partial charge in [0.2, 0.25) is 0 Å². The summed E-state index contributed by atoms with van der Waals surface area (Å²) in [6.45, 7) is 0. The zero-order valence-corrected chi connectivity index (χ0v) is 31.2. The SMILES string of the molecule is c1ccc(-c2cccc(N(c3ccc4c(c3)C3(c5ccccc5O4)c4ccccc4-c4ccccc43)c3ccc(-c4ccccc4)cc3-c3ccccc3)c2)cc1. The molecule has 1 aliphatic carbocycles. The standard InChI is InChI=1S/C55H37NO/c1-4-17-38(18-5-1)41-23-16-24-43(35-41)56(52-33-31-42(39-19-6-2-7-20-39)36-47(52)40-21-8-3-9-22-40)44-32-34-54-51(37-44)55(50-29-14-15-30-53(50)57-54)48-27-12-10-25-45(48)46-26-11-13-28-49(46)55/h1-37H. The van der Waals surface area contributed by atoms with Gasteiger partial charge in [0.15, 0.2) is 0 Å². The first-order valence-corrected chi connectivity index (χ1v) is 19.6. The molecular formula is C55H37NO. The van der Waals surface area contributed by atoms with Crippen molar-refractivity contribution in [1.82, 2.24) is 0 Å². The molecule has 1 heterocycles. The molecule has 9 aromatic rings. The van der Waals surface area contributed by atoms with Crippen LogP contribution < -0.4 is 9.64 Å². The Balaban J connectivity index is 1.20. The van der Waals surface area contributed by atoms with E-state index in [9.17, 15) is 0 Å². The molecule has 0 radical (unpaired) electrons. The van der Waals surface area contributed by atoms with Crippen molar-refractivity contribution in [3.05, 3.63) is 247 Å². The van der Waals surface area contributed by atoms with E-state index in [1.807, 2.05) is 0 Å². The smallest absolute Gasteiger partial charge is 0.132 e. The van der Waals surface area contributed by atoms with Crippen molar-refractivity contribution in [2.45, 2.75) is 5.41 Å². The fraction of sp³-hybridized carbons (Fsp3) is 0.0182. The molecule has 2 aliphatic rings. The van der Waals surface area contributed by atoms with Gasteiger partial charge < -0.3 is 9.64 Å². The van der Waals surface area contributed by atoms with E-state index in [-0.39, 0.29) is 0 Å². The lowest BCUT2D eigenvalue weighted by Gasteiger charge is -2.40. The number of rotatable bonds is 6. The minimum atomic E-state index is -0.579. The normalized spacial score (nSPS) is 12.8. The molecule has 0 aromatic heterocycles. The molecule has 57 heavy (non-hydrogen) atoms. The lowest BCUT2D eigenvalue weighted by molar-refractivity contribution is 0.436. The van der Waals surface area contributed by atoms with Crippen molar-refractivity contribution in [2.75, 3.05) is 4.90 Å². The Kier molecular flexibility index (Phi) is 7.75. The third-order valence-corrected chi connectivity index (χ3v) is 11.7. The van der Waals surface area contributed by atoms with E-state index in [2.05, 4.69) is 229 Å². The van der Waals surface area contributed by atoms with Gasteiger partial charge >= 0.3 is 0 Å². The summed E-state index contributed by atoms with van der Waals surface area (Å²) in [7, 11) is 0. The molecule has 0 fully saturated rings. The molecule has 0 unspecified atom stereocenters. The van der Waals surface area contributed by atoms with E-state index in [1.54, 1.807) is 0 Å². The van der Waals surface area contributed by atoms with Crippen LogP contribution in [0.25, 0.3) is 44.5 Å². The summed E-state index contributed by atoms with van der Waals surface area (Å²) in [5, 5.41) is 0. The Morgan fingerprint density at radius 2 is 0.807 bits per heavy atom. The van der Waals surface area contributed by atoms with Gasteiger partial charge in [0, 0.05) is 28.1 Å². The largest absolute Gasteiger partial charge is 0.457 e. The second-order valence-electron chi connectivity index (χ2n) is 14.8. The molecule has 268 valence electrons. The predicted octanol–water partition coefficient (Wildman–Crippen LogP) is 14.6. The van der Waals surface area contributed by atoms with Crippen molar-refractivity contribution >= 4 is 17.1 Å². The molecule has 0 N–H and O–H groups in total. The van der Waals surface area contributed by atoms with Crippen LogP contribution >= 0.6 is 0 Å². The first kappa shape index (κ1) is 33.0. The number of ether oxygens (including phenoxy) is 1. The third-order valence-electron chi connectivity index (χ3n) is 11.7. The Morgan fingerprint density at radius 1 is 0.298 bits per heavy atom. The van der Waals surface area contributed by atoms with Gasteiger partial charge in [-0.3, -0.25) is 0 Å². The first-order valence-electron chi connectivity index (χ1n) is 19.6. The predicted molar refractivity (Wildman–Crippen MR) is 235 cm³/mol. The topological polar surface area (TPSA) is 12.5 Å². The highest BCUT2D eigenvalue weighted by molar-refractivity contribution is 5.93. The number of anilines is 3. The quantitative estimate of drug-likeness (QED) is 0.169. The molecule has 0 bridgehead atoms. The van der Waals surface area contributed by atoms with Gasteiger partial charge in [0.25, 0.3) is 0 Å². The van der Waals surface area contributed by atoms with E-state index < -0.39 is 5.41 Å². The van der Waals surface area contributed by atoms with E-state index in [1.165, 1.54) is 38.9 Å². The summed E-state index contributed by atoms with van der Waals surface area (Å²) in [5.41, 5.74) is 17.0. The summed E-state index contributed by atoms with van der Waals surface area (Å²) in [6, 6.07) is 81.1. The summed E-state index contributed by atoms with van der Waals surface area (Å²) in [5.74, 6) is 1.75. The van der Waals surface area contributed by atoms with Crippen molar-refractivity contribution in [3.8, 4) is 56.0 Å². The average molecular weight is 728 g/mol. The maximum Gasteiger partial charge on any atom is 0.132 e. The summed E-state index contributed by atoms with van der Waals surface area (Å²) >= 11 is 0. The number of hydrogen-bond donors (Lipinski definition) is 0. The Morgan fingerprint density at radius 3 is 1.47 bits per heavy atom. The van der Waals surface area contributed by atoms with Crippen LogP contribution in [0.1, 0.15) is 22.3 Å². The van der Waals surface area contributed by atoms with Crippen LogP contribution in [0.4, 0.5) is 17.1 Å². The van der Waals surface area contributed by atoms with Gasteiger partial charge in [-0.25, -0.2) is 0 Å². The molecule has 0 saturated carbocycles. The zero-order valence-electron chi connectivity index (χ0n) is 31.2. The molecule has 0 amide bonds. The van der Waals surface area contributed by atoms with Gasteiger partial charge in [-0.1, -0.05) is 176 Å². The van der Waals surface area contributed by atoms with E-state index in [4.69, 9.17) is 4.74 Å². The molecule has 1 aliphatic heterocycles.